The molecule has 1 aromatic carbocycles. The predicted molar refractivity (Wildman–Crippen MR) is 84.1 cm³/mol. The summed E-state index contributed by atoms with van der Waals surface area (Å²) >= 11 is 0. The zero-order chi connectivity index (χ0) is 15.6. The van der Waals surface area contributed by atoms with E-state index in [2.05, 4.69) is 0 Å². The lowest BCUT2D eigenvalue weighted by atomic mass is 10.0. The topological polar surface area (TPSA) is 54.5 Å². The van der Waals surface area contributed by atoms with Crippen molar-refractivity contribution in [1.82, 2.24) is 4.90 Å². The van der Waals surface area contributed by atoms with Gasteiger partial charge in [0.15, 0.2) is 9.84 Å². The van der Waals surface area contributed by atoms with Crippen LogP contribution in [0.2, 0.25) is 0 Å². The monoisotopic (exact) mass is 309 g/mol. The van der Waals surface area contributed by atoms with Crippen molar-refractivity contribution < 1.29 is 13.2 Å². The van der Waals surface area contributed by atoms with E-state index in [1.54, 1.807) is 4.90 Å². The number of amides is 1. The minimum atomic E-state index is -2.96. The van der Waals surface area contributed by atoms with Gasteiger partial charge in [0.2, 0.25) is 5.91 Å². The molecule has 1 heterocycles. The lowest BCUT2D eigenvalue weighted by Crippen LogP contribution is -2.41. The van der Waals surface area contributed by atoms with E-state index in [0.29, 0.717) is 19.4 Å². The molecule has 0 radical (unpaired) electrons. The number of nitrogens with zero attached hydrogens (tertiary/aromatic N) is 1. The molecule has 116 valence electrons. The van der Waals surface area contributed by atoms with Crippen LogP contribution < -0.4 is 0 Å². The number of carbonyl (C=O) groups excluding carboxylic acids is 1. The number of aryl methyl sites for hydroxylation is 2. The molecule has 0 N–H and O–H groups in total. The Labute approximate surface area is 127 Å². The van der Waals surface area contributed by atoms with Crippen LogP contribution in [-0.2, 0) is 21.1 Å². The fraction of sp³-hybridized carbons (Fsp3) is 0.562. The SMILES string of the molecule is CCN(C(=O)Cc1ccc(C)c(C)c1)C1CCS(=O)(=O)C1. The van der Waals surface area contributed by atoms with Crippen LogP contribution in [-0.4, -0.2) is 43.3 Å². The van der Waals surface area contributed by atoms with Gasteiger partial charge in [-0.15, -0.1) is 0 Å². The number of likely N-dealkylation sites (N-methyl/N-ethyl adjacent to an activating group) is 1. The molecule has 1 unspecified atom stereocenters. The predicted octanol–water partition coefficient (Wildman–Crippen LogP) is 1.88. The van der Waals surface area contributed by atoms with Gasteiger partial charge >= 0.3 is 0 Å². The van der Waals surface area contributed by atoms with Gasteiger partial charge in [-0.1, -0.05) is 18.2 Å². The normalized spacial score (nSPS) is 20.4. The van der Waals surface area contributed by atoms with Crippen molar-refractivity contribution >= 4 is 15.7 Å². The maximum absolute atomic E-state index is 12.5. The van der Waals surface area contributed by atoms with Crippen molar-refractivity contribution in [3.63, 3.8) is 0 Å². The summed E-state index contributed by atoms with van der Waals surface area (Å²) < 4.78 is 23.2. The summed E-state index contributed by atoms with van der Waals surface area (Å²) in [6.45, 7) is 6.54. The summed E-state index contributed by atoms with van der Waals surface area (Å²) in [6, 6.07) is 5.87. The Morgan fingerprint density at radius 1 is 1.29 bits per heavy atom. The highest BCUT2D eigenvalue weighted by molar-refractivity contribution is 7.91. The molecule has 1 aliphatic rings. The van der Waals surface area contributed by atoms with E-state index in [9.17, 15) is 13.2 Å². The van der Waals surface area contributed by atoms with Crippen LogP contribution in [0.25, 0.3) is 0 Å². The van der Waals surface area contributed by atoms with Gasteiger partial charge in [-0.3, -0.25) is 4.79 Å². The summed E-state index contributed by atoms with van der Waals surface area (Å²) in [4.78, 5) is 14.2. The Morgan fingerprint density at radius 3 is 2.52 bits per heavy atom. The fourth-order valence-electron chi connectivity index (χ4n) is 2.85. The zero-order valence-electron chi connectivity index (χ0n) is 12.9. The maximum Gasteiger partial charge on any atom is 0.227 e. The molecule has 0 saturated carbocycles. The van der Waals surface area contributed by atoms with Gasteiger partial charge < -0.3 is 4.90 Å². The maximum atomic E-state index is 12.5. The number of carbonyl (C=O) groups is 1. The van der Waals surface area contributed by atoms with E-state index in [4.69, 9.17) is 0 Å². The first-order valence-electron chi connectivity index (χ1n) is 7.38. The summed E-state index contributed by atoms with van der Waals surface area (Å²) in [5.74, 6) is 0.327. The Morgan fingerprint density at radius 2 is 2.00 bits per heavy atom. The molecule has 1 saturated heterocycles. The van der Waals surface area contributed by atoms with Gasteiger partial charge in [0.1, 0.15) is 0 Å². The number of hydrogen-bond donors (Lipinski definition) is 0. The molecule has 1 amide bonds. The number of sulfone groups is 1. The zero-order valence-corrected chi connectivity index (χ0v) is 13.7. The van der Waals surface area contributed by atoms with Gasteiger partial charge in [0.25, 0.3) is 0 Å². The van der Waals surface area contributed by atoms with Crippen LogP contribution in [0.5, 0.6) is 0 Å². The molecular weight excluding hydrogens is 286 g/mol. The number of hydrogen-bond acceptors (Lipinski definition) is 3. The largest absolute Gasteiger partial charge is 0.339 e. The van der Waals surface area contributed by atoms with Crippen molar-refractivity contribution in [2.24, 2.45) is 0 Å². The van der Waals surface area contributed by atoms with Crippen LogP contribution in [0.1, 0.15) is 30.0 Å². The molecule has 21 heavy (non-hydrogen) atoms. The molecule has 1 aliphatic heterocycles. The first kappa shape index (κ1) is 16.0. The van der Waals surface area contributed by atoms with Crippen LogP contribution in [0.4, 0.5) is 0 Å². The summed E-state index contributed by atoms with van der Waals surface area (Å²) in [5.41, 5.74) is 3.37. The van der Waals surface area contributed by atoms with Crippen molar-refractivity contribution in [3.8, 4) is 0 Å². The first-order chi connectivity index (χ1) is 9.82. The Kier molecular flexibility index (Phi) is 4.71. The molecule has 0 aliphatic carbocycles. The molecule has 1 aromatic rings. The van der Waals surface area contributed by atoms with Gasteiger partial charge in [-0.05, 0) is 43.9 Å². The van der Waals surface area contributed by atoms with Crippen LogP contribution in [0.3, 0.4) is 0 Å². The third-order valence-electron chi connectivity index (χ3n) is 4.24. The minimum absolute atomic E-state index is 0.0165. The molecule has 1 fully saturated rings. The van der Waals surface area contributed by atoms with E-state index in [-0.39, 0.29) is 23.5 Å². The Hall–Kier alpha value is -1.36. The van der Waals surface area contributed by atoms with Crippen molar-refractivity contribution in [3.05, 3.63) is 34.9 Å². The second-order valence-corrected chi connectivity index (χ2v) is 8.06. The van der Waals surface area contributed by atoms with E-state index in [1.165, 1.54) is 11.1 Å². The van der Waals surface area contributed by atoms with E-state index in [0.717, 1.165) is 5.56 Å². The van der Waals surface area contributed by atoms with Gasteiger partial charge in [0, 0.05) is 12.6 Å². The van der Waals surface area contributed by atoms with Crippen LogP contribution >= 0.6 is 0 Å². The molecule has 5 heteroatoms. The van der Waals surface area contributed by atoms with Crippen LogP contribution in [0.15, 0.2) is 18.2 Å². The van der Waals surface area contributed by atoms with E-state index < -0.39 is 9.84 Å². The summed E-state index contributed by atoms with van der Waals surface area (Å²) in [5, 5.41) is 0. The lowest BCUT2D eigenvalue weighted by molar-refractivity contribution is -0.132. The number of benzene rings is 1. The Balaban J connectivity index is 2.08. The quantitative estimate of drug-likeness (QED) is 0.853. The summed E-state index contributed by atoms with van der Waals surface area (Å²) in [7, 11) is -2.96. The lowest BCUT2D eigenvalue weighted by Gasteiger charge is -2.27. The average molecular weight is 309 g/mol. The highest BCUT2D eigenvalue weighted by atomic mass is 32.2. The highest BCUT2D eigenvalue weighted by Crippen LogP contribution is 2.19. The standard InChI is InChI=1S/C16H23NO3S/c1-4-17(15-7-8-21(19,20)11-15)16(18)10-14-6-5-12(2)13(3)9-14/h5-6,9,15H,4,7-8,10-11H2,1-3H3. The molecular formula is C16H23NO3S. The minimum Gasteiger partial charge on any atom is -0.339 e. The second kappa shape index (κ2) is 6.18. The van der Waals surface area contributed by atoms with Crippen molar-refractivity contribution in [1.29, 1.82) is 0 Å². The molecule has 4 nitrogen and oxygen atoms in total. The first-order valence-corrected chi connectivity index (χ1v) is 9.20. The van der Waals surface area contributed by atoms with Gasteiger partial charge in [-0.2, -0.15) is 0 Å². The summed E-state index contributed by atoms with van der Waals surface area (Å²) in [6.07, 6.45) is 0.903. The molecule has 2 rings (SSSR count). The van der Waals surface area contributed by atoms with Crippen LogP contribution in [0, 0.1) is 13.8 Å². The van der Waals surface area contributed by atoms with Crippen molar-refractivity contribution in [2.75, 3.05) is 18.1 Å². The second-order valence-electron chi connectivity index (χ2n) is 5.83. The highest BCUT2D eigenvalue weighted by Gasteiger charge is 2.33. The Bertz CT molecular complexity index is 637. The van der Waals surface area contributed by atoms with E-state index >= 15 is 0 Å². The number of rotatable bonds is 4. The molecule has 1 atom stereocenters. The molecule has 0 bridgehead atoms. The third kappa shape index (κ3) is 3.84. The van der Waals surface area contributed by atoms with Crippen molar-refractivity contribution in [2.45, 2.75) is 39.7 Å². The molecule has 0 spiro atoms. The molecule has 0 aromatic heterocycles. The van der Waals surface area contributed by atoms with Gasteiger partial charge in [0.05, 0.1) is 17.9 Å². The van der Waals surface area contributed by atoms with E-state index in [1.807, 2.05) is 39.0 Å². The average Bonchev–Trinajstić information content (AvgIpc) is 2.75. The smallest absolute Gasteiger partial charge is 0.227 e. The van der Waals surface area contributed by atoms with Gasteiger partial charge in [-0.25, -0.2) is 8.42 Å². The third-order valence-corrected chi connectivity index (χ3v) is 5.99. The fourth-order valence-corrected chi connectivity index (χ4v) is 4.58.